The molecule has 0 aliphatic rings. The number of hydrogen-bond acceptors (Lipinski definition) is 6. The summed E-state index contributed by atoms with van der Waals surface area (Å²) in [5.41, 5.74) is 39.2. The number of fused-ring (bicyclic) bond motifs is 12. The highest BCUT2D eigenvalue weighted by Gasteiger charge is 2.24. The predicted octanol–water partition coefficient (Wildman–Crippen LogP) is 38.5. The molecule has 150 heavy (non-hydrogen) atoms. The van der Waals surface area contributed by atoms with E-state index in [2.05, 4.69) is 546 Å². The van der Waals surface area contributed by atoms with Gasteiger partial charge in [0.15, 0.2) is 0 Å². The van der Waals surface area contributed by atoms with Crippen molar-refractivity contribution in [1.29, 1.82) is 0 Å². The van der Waals surface area contributed by atoms with Crippen LogP contribution in [0.1, 0.15) is 0 Å². The molecule has 0 saturated carbocycles. The number of nitrogens with zero attached hydrogens (tertiary/aromatic N) is 6. The Labute approximate surface area is 870 Å². The molecule has 0 atom stereocenters. The smallest absolute Gasteiger partial charge is 0.0794 e. The van der Waals surface area contributed by atoms with Crippen LogP contribution in [-0.2, 0) is 0 Å². The molecule has 28 aromatic rings. The molecule has 0 amide bonds. The highest BCUT2D eigenvalue weighted by atomic mass is 14.7. The van der Waals surface area contributed by atoms with Crippen LogP contribution < -0.4 is 0 Å². The molecule has 0 radical (unpaired) electrons. The van der Waals surface area contributed by atoms with Gasteiger partial charge in [0.2, 0.25) is 0 Å². The monoisotopic (exact) mass is 1910 g/mol. The first-order valence-electron chi connectivity index (χ1n) is 51.1. The quantitative estimate of drug-likeness (QED) is 0.0897. The minimum atomic E-state index is 0.943. The van der Waals surface area contributed by atoms with Gasteiger partial charge in [-0.2, -0.15) is 0 Å². The van der Waals surface area contributed by atoms with Crippen LogP contribution in [0.2, 0.25) is 0 Å². The van der Waals surface area contributed by atoms with Gasteiger partial charge in [0.1, 0.15) is 0 Å². The number of pyridine rings is 6. The zero-order valence-corrected chi connectivity index (χ0v) is 82.0. The first kappa shape index (κ1) is 90.1. The van der Waals surface area contributed by atoms with Gasteiger partial charge in [-0.3, -0.25) is 0 Å². The van der Waals surface area contributed by atoms with E-state index < -0.39 is 0 Å². The third-order valence-corrected chi connectivity index (χ3v) is 29.0. The summed E-state index contributed by atoms with van der Waals surface area (Å²) in [5.74, 6) is 0. The van der Waals surface area contributed by atoms with E-state index in [1.165, 1.54) is 76.6 Å². The Morgan fingerprint density at radius 3 is 0.727 bits per heavy atom. The van der Waals surface area contributed by atoms with Crippen LogP contribution in [0.4, 0.5) is 0 Å². The van der Waals surface area contributed by atoms with Crippen LogP contribution >= 0.6 is 0 Å². The summed E-state index contributed by atoms with van der Waals surface area (Å²) in [7, 11) is 0. The number of para-hydroxylation sites is 1. The lowest BCUT2D eigenvalue weighted by Crippen LogP contribution is -1.94. The lowest BCUT2D eigenvalue weighted by Gasteiger charge is -2.17. The summed E-state index contributed by atoms with van der Waals surface area (Å²) in [4.78, 5) is 31.4. The maximum Gasteiger partial charge on any atom is 0.0794 e. The zero-order chi connectivity index (χ0) is 99.6. The van der Waals surface area contributed by atoms with Crippen LogP contribution in [0, 0.1) is 0 Å². The topological polar surface area (TPSA) is 77.3 Å². The standard InChI is InChI=1S/C48H30N2.2C48H32N2/c1-4-16-36-31(11-1)14-9-20-38(36)43-29-44-42(33-23-25-35(26-24-33)46-28-27-34-13-3-8-22-45(34)49-46)30-47(50-48(44)41-19-7-6-18-39(41)43)40-21-10-15-32-12-2-5-17-37(32)40;1-5-15-34(16-6-1)42-31-44-43(32-47(38-21-11-4-12-22-38)50-48(44)41-24-14-13-23-40(41)42)35-27-25-33(26-28-35)39-29-45(36-17-7-2-8-18-36)49-46(30-39)37-19-9-3-10-20-37;1-5-15-33(16-6-1)39-29-45(36-19-9-3-10-20-36)49-46(30-39)38-27-25-35(26-28-38)43-32-47(37-21-11-4-12-22-37)50-48-41-24-14-13-23-40(41)42(31-44(43)48)34-17-7-2-8-18-34/h1-30H;2*1-32H. The molecule has 0 N–H and O–H groups in total. The number of benzene rings is 22. The molecule has 0 aliphatic carbocycles. The van der Waals surface area contributed by atoms with E-state index >= 15 is 0 Å². The zero-order valence-electron chi connectivity index (χ0n) is 82.0. The molecule has 0 unspecified atom stereocenters. The second-order valence-corrected chi connectivity index (χ2v) is 38.1. The van der Waals surface area contributed by atoms with Gasteiger partial charge >= 0.3 is 0 Å². The summed E-state index contributed by atoms with van der Waals surface area (Å²) < 4.78 is 0. The van der Waals surface area contributed by atoms with Gasteiger partial charge < -0.3 is 0 Å². The van der Waals surface area contributed by atoms with Gasteiger partial charge in [0.25, 0.3) is 0 Å². The molecule has 6 heterocycles. The van der Waals surface area contributed by atoms with Crippen LogP contribution in [0.25, 0.3) is 277 Å². The minimum absolute atomic E-state index is 0.943. The van der Waals surface area contributed by atoms with E-state index in [-0.39, 0.29) is 0 Å². The fourth-order valence-corrected chi connectivity index (χ4v) is 21.5. The molecule has 6 aromatic heterocycles. The van der Waals surface area contributed by atoms with Crippen molar-refractivity contribution >= 4 is 97.5 Å². The summed E-state index contributed by atoms with van der Waals surface area (Å²) in [6.07, 6.45) is 0. The molecular formula is C144H94N6. The Morgan fingerprint density at radius 2 is 0.333 bits per heavy atom. The Kier molecular flexibility index (Phi) is 24.0. The number of rotatable bonds is 16. The fourth-order valence-electron chi connectivity index (χ4n) is 21.5. The summed E-state index contributed by atoms with van der Waals surface area (Å²) in [5, 5.41) is 16.5. The lowest BCUT2D eigenvalue weighted by molar-refractivity contribution is 1.32. The SMILES string of the molecule is c1ccc(-c2cc(-c3ccc(-c4cc(-c5ccccc5)nc5c4cc(-c4ccccc4)c4ccccc45)cc3)cc(-c3ccccc3)n2)cc1.c1ccc(-c2cc(-c3ccccc3)nc(-c3ccc(-c4cc(-c5ccccc5)nc5c4cc(-c4ccccc4)c4ccccc45)cc3)c2)cc1.c1ccc2nc(-c3ccc(-c4cc(-c5cccc6ccccc56)nc5c4cc(-c4cccc6ccccc46)c4ccccc45)cc3)ccc2c1. The van der Waals surface area contributed by atoms with E-state index in [9.17, 15) is 0 Å². The van der Waals surface area contributed by atoms with E-state index in [1.54, 1.807) is 0 Å². The molecule has 0 spiro atoms. The van der Waals surface area contributed by atoms with Crippen LogP contribution in [-0.4, -0.2) is 29.9 Å². The van der Waals surface area contributed by atoms with Gasteiger partial charge in [-0.05, 0) is 200 Å². The van der Waals surface area contributed by atoms with E-state index in [0.29, 0.717) is 0 Å². The number of hydrogen-bond donors (Lipinski definition) is 0. The van der Waals surface area contributed by atoms with Crippen molar-refractivity contribution < 1.29 is 0 Å². The van der Waals surface area contributed by atoms with Crippen LogP contribution in [0.5, 0.6) is 0 Å². The summed E-state index contributed by atoms with van der Waals surface area (Å²) in [6.45, 7) is 0. The van der Waals surface area contributed by atoms with Gasteiger partial charge in [-0.15, -0.1) is 0 Å². The lowest BCUT2D eigenvalue weighted by atomic mass is 9.89. The van der Waals surface area contributed by atoms with E-state index in [0.717, 1.165) is 200 Å². The molecule has 0 fully saturated rings. The average molecular weight is 1910 g/mol. The van der Waals surface area contributed by atoms with Crippen molar-refractivity contribution in [3.05, 3.63) is 570 Å². The van der Waals surface area contributed by atoms with Gasteiger partial charge in [0, 0.05) is 82.2 Å². The Hall–Kier alpha value is -19.9. The highest BCUT2D eigenvalue weighted by Crippen LogP contribution is 2.48. The Balaban J connectivity index is 0.000000113. The Morgan fingerprint density at radius 1 is 0.0933 bits per heavy atom. The molecule has 6 heteroatoms. The molecule has 22 aromatic carbocycles. The van der Waals surface area contributed by atoms with Gasteiger partial charge in [-0.25, -0.2) is 29.9 Å². The van der Waals surface area contributed by atoms with Crippen molar-refractivity contribution in [2.75, 3.05) is 0 Å². The van der Waals surface area contributed by atoms with Gasteiger partial charge in [-0.1, -0.05) is 497 Å². The highest BCUT2D eigenvalue weighted by molar-refractivity contribution is 6.21. The normalized spacial score (nSPS) is 11.3. The largest absolute Gasteiger partial charge is 0.248 e. The minimum Gasteiger partial charge on any atom is -0.248 e. The van der Waals surface area contributed by atoms with Crippen molar-refractivity contribution in [2.24, 2.45) is 0 Å². The van der Waals surface area contributed by atoms with Crippen molar-refractivity contribution in [1.82, 2.24) is 29.9 Å². The maximum atomic E-state index is 5.49. The van der Waals surface area contributed by atoms with Crippen molar-refractivity contribution in [2.45, 2.75) is 0 Å². The average Bonchev–Trinajstić information content (AvgIpc) is 0.750. The van der Waals surface area contributed by atoms with Crippen LogP contribution in [0.3, 0.4) is 0 Å². The maximum absolute atomic E-state index is 5.49. The molecule has 28 rings (SSSR count). The molecule has 0 aliphatic heterocycles. The second kappa shape index (κ2) is 40.0. The number of aromatic nitrogens is 6. The third-order valence-electron chi connectivity index (χ3n) is 29.0. The Bertz CT molecular complexity index is 9440. The first-order chi connectivity index (χ1) is 74.3. The molecular weight excluding hydrogens is 1810 g/mol. The molecule has 6 nitrogen and oxygen atoms in total. The molecule has 0 bridgehead atoms. The summed E-state index contributed by atoms with van der Waals surface area (Å²) in [6, 6.07) is 202. The molecule has 0 saturated heterocycles. The third kappa shape index (κ3) is 17.8. The molecule has 700 valence electrons. The first-order valence-corrected chi connectivity index (χ1v) is 51.1. The van der Waals surface area contributed by atoms with Crippen molar-refractivity contribution in [3.63, 3.8) is 0 Å². The second-order valence-electron chi connectivity index (χ2n) is 38.1. The van der Waals surface area contributed by atoms with Gasteiger partial charge in [0.05, 0.1) is 67.6 Å². The van der Waals surface area contributed by atoms with Crippen LogP contribution in [0.15, 0.2) is 570 Å². The van der Waals surface area contributed by atoms with Crippen molar-refractivity contribution in [3.8, 4) is 179 Å². The van der Waals surface area contributed by atoms with E-state index in [1.807, 2.05) is 24.3 Å². The summed E-state index contributed by atoms with van der Waals surface area (Å²) >= 11 is 0. The fraction of sp³-hybridized carbons (Fsp3) is 0. The van der Waals surface area contributed by atoms with E-state index in [4.69, 9.17) is 29.9 Å². The predicted molar refractivity (Wildman–Crippen MR) is 631 cm³/mol.